The molecule has 2 aliphatic carbocycles. The van der Waals surface area contributed by atoms with Gasteiger partial charge in [-0.2, -0.15) is 0 Å². The summed E-state index contributed by atoms with van der Waals surface area (Å²) >= 11 is 0. The van der Waals surface area contributed by atoms with E-state index in [9.17, 15) is 9.59 Å². The van der Waals surface area contributed by atoms with Crippen molar-refractivity contribution in [3.63, 3.8) is 0 Å². The molecule has 3 fully saturated rings. The average molecular weight is 567 g/mol. The number of likely N-dealkylation sites (tertiary alicyclic amines) is 1. The lowest BCUT2D eigenvalue weighted by Gasteiger charge is -2.19. The first-order valence-electron chi connectivity index (χ1n) is 14.8. The number of amides is 1. The van der Waals surface area contributed by atoms with Crippen molar-refractivity contribution in [3.05, 3.63) is 47.5 Å². The van der Waals surface area contributed by atoms with Gasteiger partial charge in [0.1, 0.15) is 6.10 Å². The quantitative estimate of drug-likeness (QED) is 0.380. The maximum absolute atomic E-state index is 13.0. The van der Waals surface area contributed by atoms with Gasteiger partial charge >= 0.3 is 5.97 Å². The molecule has 1 saturated heterocycles. The molecule has 2 atom stereocenters. The van der Waals surface area contributed by atoms with E-state index < -0.39 is 5.97 Å². The fraction of sp³-hybridized carbons (Fsp3) is 0.562. The van der Waals surface area contributed by atoms with Gasteiger partial charge in [0.05, 0.1) is 32.0 Å². The fourth-order valence-corrected chi connectivity index (χ4v) is 6.05. The van der Waals surface area contributed by atoms with Gasteiger partial charge in [0.15, 0.2) is 23.0 Å². The Morgan fingerprint density at radius 3 is 1.88 bits per heavy atom. The number of ether oxygens (including phenoxy) is 5. The molecule has 2 aromatic rings. The van der Waals surface area contributed by atoms with E-state index in [2.05, 4.69) is 10.2 Å². The Morgan fingerprint density at radius 1 is 0.780 bits per heavy atom. The number of nitrogens with zero attached hydrogens (tertiary/aromatic N) is 1. The molecule has 0 aromatic heterocycles. The SMILES string of the molecule is COc1cc(C(=O)NC[C@@H]2C[C@@H](OC(=O)c3ccc(OC4CCCC4)c(OC)c3)CN2C)ccc1OC1CCCC1. The van der Waals surface area contributed by atoms with Gasteiger partial charge in [-0.15, -0.1) is 0 Å². The summed E-state index contributed by atoms with van der Waals surface area (Å²) in [5.41, 5.74) is 0.938. The van der Waals surface area contributed by atoms with Crippen LogP contribution in [-0.2, 0) is 4.74 Å². The molecule has 0 bridgehead atoms. The molecule has 1 N–H and O–H groups in total. The van der Waals surface area contributed by atoms with Crippen LogP contribution in [0.4, 0.5) is 0 Å². The van der Waals surface area contributed by atoms with Crippen LogP contribution in [0, 0.1) is 0 Å². The van der Waals surface area contributed by atoms with Gasteiger partial charge in [0, 0.05) is 31.1 Å². The third-order valence-corrected chi connectivity index (χ3v) is 8.44. The topological polar surface area (TPSA) is 95.6 Å². The molecule has 0 spiro atoms. The largest absolute Gasteiger partial charge is 0.493 e. The second-order valence-corrected chi connectivity index (χ2v) is 11.3. The molecule has 1 aliphatic heterocycles. The summed E-state index contributed by atoms with van der Waals surface area (Å²) in [5, 5.41) is 3.02. The number of hydrogen-bond acceptors (Lipinski definition) is 8. The van der Waals surface area contributed by atoms with Crippen molar-refractivity contribution in [2.24, 2.45) is 0 Å². The van der Waals surface area contributed by atoms with E-state index in [0.29, 0.717) is 53.6 Å². The highest BCUT2D eigenvalue weighted by molar-refractivity contribution is 5.95. The van der Waals surface area contributed by atoms with Gasteiger partial charge in [0.25, 0.3) is 5.91 Å². The van der Waals surface area contributed by atoms with E-state index in [0.717, 1.165) is 25.7 Å². The summed E-state index contributed by atoms with van der Waals surface area (Å²) in [6, 6.07) is 10.5. The van der Waals surface area contributed by atoms with Crippen molar-refractivity contribution in [2.45, 2.75) is 82.1 Å². The number of rotatable bonds is 11. The lowest BCUT2D eigenvalue weighted by Crippen LogP contribution is -2.38. The van der Waals surface area contributed by atoms with Crippen LogP contribution < -0.4 is 24.3 Å². The van der Waals surface area contributed by atoms with Crippen LogP contribution in [0.2, 0.25) is 0 Å². The first-order valence-corrected chi connectivity index (χ1v) is 14.8. The number of methoxy groups -OCH3 is 2. The molecule has 3 aliphatic rings. The molecular weight excluding hydrogens is 524 g/mol. The average Bonchev–Trinajstić information content (AvgIpc) is 3.76. The van der Waals surface area contributed by atoms with Crippen LogP contribution in [-0.4, -0.2) is 75.5 Å². The molecule has 0 radical (unpaired) electrons. The number of nitrogens with one attached hydrogen (secondary N) is 1. The van der Waals surface area contributed by atoms with Crippen molar-refractivity contribution in [1.29, 1.82) is 0 Å². The van der Waals surface area contributed by atoms with Crippen molar-refractivity contribution < 1.29 is 33.3 Å². The zero-order valence-corrected chi connectivity index (χ0v) is 24.4. The van der Waals surface area contributed by atoms with Gasteiger partial charge in [-0.3, -0.25) is 9.69 Å². The number of carbonyl (C=O) groups excluding carboxylic acids is 2. The van der Waals surface area contributed by atoms with Crippen LogP contribution in [0.25, 0.3) is 0 Å². The van der Waals surface area contributed by atoms with Crippen LogP contribution in [0.15, 0.2) is 36.4 Å². The molecule has 1 amide bonds. The predicted molar refractivity (Wildman–Crippen MR) is 154 cm³/mol. The maximum atomic E-state index is 13.0. The second-order valence-electron chi connectivity index (χ2n) is 11.3. The maximum Gasteiger partial charge on any atom is 0.338 e. The van der Waals surface area contributed by atoms with E-state index in [1.54, 1.807) is 44.6 Å². The van der Waals surface area contributed by atoms with Gasteiger partial charge < -0.3 is 29.0 Å². The molecule has 9 nitrogen and oxygen atoms in total. The normalized spacial score (nSPS) is 21.5. The Labute approximate surface area is 242 Å². The lowest BCUT2D eigenvalue weighted by molar-refractivity contribution is 0.0325. The third-order valence-electron chi connectivity index (χ3n) is 8.44. The zero-order chi connectivity index (χ0) is 28.8. The minimum atomic E-state index is -0.397. The van der Waals surface area contributed by atoms with Crippen molar-refractivity contribution in [2.75, 3.05) is 34.4 Å². The molecule has 5 rings (SSSR count). The number of benzene rings is 2. The minimum Gasteiger partial charge on any atom is -0.493 e. The monoisotopic (exact) mass is 566 g/mol. The smallest absolute Gasteiger partial charge is 0.338 e. The first-order chi connectivity index (χ1) is 19.9. The molecule has 41 heavy (non-hydrogen) atoms. The van der Waals surface area contributed by atoms with E-state index in [1.165, 1.54) is 25.7 Å². The van der Waals surface area contributed by atoms with Gasteiger partial charge in [-0.25, -0.2) is 4.79 Å². The van der Waals surface area contributed by atoms with E-state index >= 15 is 0 Å². The number of hydrogen-bond donors (Lipinski definition) is 1. The van der Waals surface area contributed by atoms with E-state index in [1.807, 2.05) is 13.1 Å². The third kappa shape index (κ3) is 7.25. The number of carbonyl (C=O) groups is 2. The molecule has 2 saturated carbocycles. The van der Waals surface area contributed by atoms with Gasteiger partial charge in [-0.1, -0.05) is 0 Å². The van der Waals surface area contributed by atoms with Crippen LogP contribution in [0.5, 0.6) is 23.0 Å². The highest BCUT2D eigenvalue weighted by atomic mass is 16.5. The standard InChI is InChI=1S/C32H42N2O7/c1-34-20-26(41-32(36)22-13-15-28(30(17-22)38-3)40-25-10-6-7-11-25)18-23(34)19-33-31(35)21-12-14-27(29(16-21)37-2)39-24-8-4-5-9-24/h12-17,23-26H,4-11,18-20H2,1-3H3,(H,33,35)/t23-,26+/m0/s1. The highest BCUT2D eigenvalue weighted by Gasteiger charge is 2.33. The Balaban J connectivity index is 1.12. The summed E-state index contributed by atoms with van der Waals surface area (Å²) in [6.45, 7) is 1.03. The van der Waals surface area contributed by atoms with Crippen molar-refractivity contribution >= 4 is 11.9 Å². The lowest BCUT2D eigenvalue weighted by atomic mass is 10.1. The van der Waals surface area contributed by atoms with E-state index in [-0.39, 0.29) is 30.3 Å². The van der Waals surface area contributed by atoms with Gasteiger partial charge in [-0.05, 0) is 94.8 Å². The molecule has 1 heterocycles. The number of likely N-dealkylation sites (N-methyl/N-ethyl adjacent to an activating group) is 1. The summed E-state index contributed by atoms with van der Waals surface area (Å²) in [6.07, 6.45) is 9.65. The molecule has 222 valence electrons. The van der Waals surface area contributed by atoms with Gasteiger partial charge in [0.2, 0.25) is 0 Å². The van der Waals surface area contributed by atoms with Crippen molar-refractivity contribution in [3.8, 4) is 23.0 Å². The summed E-state index contributed by atoms with van der Waals surface area (Å²) < 4.78 is 29.0. The fourth-order valence-electron chi connectivity index (χ4n) is 6.05. The Bertz CT molecular complexity index is 1210. The molecule has 9 heteroatoms. The minimum absolute atomic E-state index is 0.0420. The molecular formula is C32H42N2O7. The Hall–Kier alpha value is -3.46. The Morgan fingerprint density at radius 2 is 1.32 bits per heavy atom. The number of esters is 1. The Kier molecular flexibility index (Phi) is 9.54. The van der Waals surface area contributed by atoms with E-state index in [4.69, 9.17) is 23.7 Å². The summed E-state index contributed by atoms with van der Waals surface area (Å²) in [7, 11) is 5.13. The van der Waals surface area contributed by atoms with Crippen molar-refractivity contribution in [1.82, 2.24) is 10.2 Å². The summed E-state index contributed by atoms with van der Waals surface area (Å²) in [5.74, 6) is 1.84. The van der Waals surface area contributed by atoms with Crippen LogP contribution in [0.3, 0.4) is 0 Å². The molecule has 2 aromatic carbocycles. The highest BCUT2D eigenvalue weighted by Crippen LogP contribution is 2.34. The summed E-state index contributed by atoms with van der Waals surface area (Å²) in [4.78, 5) is 28.0. The first kappa shape index (κ1) is 29.0. The molecule has 0 unspecified atom stereocenters. The second kappa shape index (κ2) is 13.5. The zero-order valence-electron chi connectivity index (χ0n) is 24.4. The van der Waals surface area contributed by atoms with Crippen LogP contribution >= 0.6 is 0 Å². The predicted octanol–water partition coefficient (Wildman–Crippen LogP) is 5.01. The van der Waals surface area contributed by atoms with Crippen LogP contribution in [0.1, 0.15) is 78.5 Å².